The minimum Gasteiger partial charge on any atom is -0.450 e. The molecule has 0 saturated heterocycles. The molecule has 3 heteroatoms. The highest BCUT2D eigenvalue weighted by molar-refractivity contribution is 6.61. The molecule has 0 aromatic heterocycles. The fourth-order valence-corrected chi connectivity index (χ4v) is 1.99. The molecule has 0 radical (unpaired) electrons. The number of ether oxygens (including phenoxy) is 1. The SMILES string of the molecule is C[C@H](OC(=O)Cl)C1CCCCC1. The van der Waals surface area contributed by atoms with E-state index < -0.39 is 5.43 Å². The van der Waals surface area contributed by atoms with Crippen molar-refractivity contribution < 1.29 is 9.53 Å². The fourth-order valence-electron chi connectivity index (χ4n) is 1.85. The molecule has 1 fully saturated rings. The number of halogens is 1. The zero-order chi connectivity index (χ0) is 8.97. The molecular weight excluding hydrogens is 176 g/mol. The smallest absolute Gasteiger partial charge is 0.404 e. The van der Waals surface area contributed by atoms with E-state index in [9.17, 15) is 4.79 Å². The molecule has 0 N–H and O–H groups in total. The van der Waals surface area contributed by atoms with Crippen LogP contribution in [-0.4, -0.2) is 11.5 Å². The Morgan fingerprint density at radius 2 is 2.00 bits per heavy atom. The Morgan fingerprint density at radius 1 is 1.42 bits per heavy atom. The first-order chi connectivity index (χ1) is 5.70. The first kappa shape index (κ1) is 9.85. The van der Waals surface area contributed by atoms with Crippen LogP contribution in [0, 0.1) is 5.92 Å². The summed E-state index contributed by atoms with van der Waals surface area (Å²) in [4.78, 5) is 10.4. The van der Waals surface area contributed by atoms with E-state index in [1.807, 2.05) is 6.92 Å². The lowest BCUT2D eigenvalue weighted by atomic mass is 9.86. The van der Waals surface area contributed by atoms with Gasteiger partial charge in [-0.3, -0.25) is 0 Å². The second-order valence-corrected chi connectivity index (χ2v) is 3.77. The van der Waals surface area contributed by atoms with E-state index in [2.05, 4.69) is 0 Å². The van der Waals surface area contributed by atoms with E-state index >= 15 is 0 Å². The summed E-state index contributed by atoms with van der Waals surface area (Å²) >= 11 is 5.13. The molecule has 12 heavy (non-hydrogen) atoms. The third-order valence-electron chi connectivity index (χ3n) is 2.59. The third kappa shape index (κ3) is 3.02. The van der Waals surface area contributed by atoms with Crippen LogP contribution >= 0.6 is 11.6 Å². The van der Waals surface area contributed by atoms with Gasteiger partial charge in [0.25, 0.3) is 0 Å². The van der Waals surface area contributed by atoms with Gasteiger partial charge in [-0.2, -0.15) is 0 Å². The Morgan fingerprint density at radius 3 is 2.50 bits per heavy atom. The van der Waals surface area contributed by atoms with Gasteiger partial charge in [0.1, 0.15) is 6.10 Å². The van der Waals surface area contributed by atoms with Crippen LogP contribution < -0.4 is 0 Å². The van der Waals surface area contributed by atoms with E-state index in [1.165, 1.54) is 32.1 Å². The second-order valence-electron chi connectivity index (χ2n) is 3.46. The van der Waals surface area contributed by atoms with E-state index in [0.29, 0.717) is 5.92 Å². The van der Waals surface area contributed by atoms with Crippen molar-refractivity contribution >= 4 is 17.0 Å². The molecule has 0 amide bonds. The molecule has 2 nitrogen and oxygen atoms in total. The first-order valence-corrected chi connectivity index (χ1v) is 4.94. The van der Waals surface area contributed by atoms with Crippen LogP contribution in [0.15, 0.2) is 0 Å². The maximum absolute atomic E-state index is 10.4. The summed E-state index contributed by atoms with van der Waals surface area (Å²) in [5.41, 5.74) is -0.673. The van der Waals surface area contributed by atoms with Gasteiger partial charge in [-0.25, -0.2) is 4.79 Å². The monoisotopic (exact) mass is 190 g/mol. The van der Waals surface area contributed by atoms with Crippen molar-refractivity contribution in [3.8, 4) is 0 Å². The molecule has 70 valence electrons. The van der Waals surface area contributed by atoms with Crippen LogP contribution in [-0.2, 0) is 4.74 Å². The fraction of sp³-hybridized carbons (Fsp3) is 0.889. The molecule has 1 saturated carbocycles. The van der Waals surface area contributed by atoms with Gasteiger partial charge in [-0.05, 0) is 25.7 Å². The molecule has 0 aromatic rings. The molecule has 0 bridgehead atoms. The van der Waals surface area contributed by atoms with Crippen molar-refractivity contribution in [1.82, 2.24) is 0 Å². The van der Waals surface area contributed by atoms with Gasteiger partial charge in [-0.1, -0.05) is 19.3 Å². The van der Waals surface area contributed by atoms with Crippen molar-refractivity contribution in [2.75, 3.05) is 0 Å². The lowest BCUT2D eigenvalue weighted by Crippen LogP contribution is -2.23. The summed E-state index contributed by atoms with van der Waals surface area (Å²) in [5, 5.41) is 0. The van der Waals surface area contributed by atoms with Crippen molar-refractivity contribution in [3.63, 3.8) is 0 Å². The van der Waals surface area contributed by atoms with Crippen LogP contribution in [0.1, 0.15) is 39.0 Å². The maximum Gasteiger partial charge on any atom is 0.404 e. The maximum atomic E-state index is 10.4. The minimum atomic E-state index is -0.673. The Labute approximate surface area is 78.2 Å². The predicted octanol–water partition coefficient (Wildman–Crippen LogP) is 3.33. The normalized spacial score (nSPS) is 21.8. The summed E-state index contributed by atoms with van der Waals surface area (Å²) in [6.07, 6.45) is 6.17. The van der Waals surface area contributed by atoms with Gasteiger partial charge in [-0.15, -0.1) is 0 Å². The van der Waals surface area contributed by atoms with Gasteiger partial charge >= 0.3 is 5.43 Å². The Balaban J connectivity index is 2.29. The van der Waals surface area contributed by atoms with Gasteiger partial charge in [0.15, 0.2) is 0 Å². The summed E-state index contributed by atoms with van der Waals surface area (Å²) in [6.45, 7) is 1.93. The Bertz CT molecular complexity index is 153. The van der Waals surface area contributed by atoms with Crippen molar-refractivity contribution in [2.45, 2.75) is 45.1 Å². The van der Waals surface area contributed by atoms with Gasteiger partial charge in [0.05, 0.1) is 0 Å². The zero-order valence-corrected chi connectivity index (χ0v) is 8.14. The van der Waals surface area contributed by atoms with Gasteiger partial charge in [0, 0.05) is 11.6 Å². The van der Waals surface area contributed by atoms with E-state index in [0.717, 1.165) is 0 Å². The molecule has 1 atom stereocenters. The van der Waals surface area contributed by atoms with Crippen LogP contribution in [0.3, 0.4) is 0 Å². The number of hydrogen-bond donors (Lipinski definition) is 0. The van der Waals surface area contributed by atoms with Crippen LogP contribution in [0.5, 0.6) is 0 Å². The Kier molecular flexibility index (Phi) is 3.86. The van der Waals surface area contributed by atoms with E-state index in [1.54, 1.807) is 0 Å². The lowest BCUT2D eigenvalue weighted by Gasteiger charge is -2.26. The average Bonchev–Trinajstić information content (AvgIpc) is 2.05. The lowest BCUT2D eigenvalue weighted by molar-refractivity contribution is 0.0768. The molecule has 0 heterocycles. The minimum absolute atomic E-state index is 0.00435. The molecule has 1 aliphatic rings. The predicted molar refractivity (Wildman–Crippen MR) is 48.4 cm³/mol. The summed E-state index contributed by atoms with van der Waals surface area (Å²) < 4.78 is 4.92. The van der Waals surface area contributed by atoms with Crippen molar-refractivity contribution in [2.24, 2.45) is 5.92 Å². The molecular formula is C9H15ClO2. The van der Waals surface area contributed by atoms with Crippen molar-refractivity contribution in [3.05, 3.63) is 0 Å². The molecule has 0 aromatic carbocycles. The quantitative estimate of drug-likeness (QED) is 0.625. The standard InChI is InChI=1S/C9H15ClO2/c1-7(12-9(10)11)8-5-3-2-4-6-8/h7-8H,2-6H2,1H3/t7-/m0/s1. The number of rotatable bonds is 2. The molecule has 0 aliphatic heterocycles. The summed E-state index contributed by atoms with van der Waals surface area (Å²) in [5.74, 6) is 0.529. The van der Waals surface area contributed by atoms with Crippen LogP contribution in [0.25, 0.3) is 0 Å². The summed E-state index contributed by atoms with van der Waals surface area (Å²) in [7, 11) is 0. The zero-order valence-electron chi connectivity index (χ0n) is 7.38. The average molecular weight is 191 g/mol. The highest BCUT2D eigenvalue weighted by atomic mass is 35.5. The molecule has 1 rings (SSSR count). The highest BCUT2D eigenvalue weighted by Gasteiger charge is 2.22. The molecule has 1 aliphatic carbocycles. The van der Waals surface area contributed by atoms with Crippen LogP contribution in [0.4, 0.5) is 4.79 Å². The largest absolute Gasteiger partial charge is 0.450 e. The van der Waals surface area contributed by atoms with Gasteiger partial charge in [0.2, 0.25) is 0 Å². The number of hydrogen-bond acceptors (Lipinski definition) is 2. The van der Waals surface area contributed by atoms with Gasteiger partial charge < -0.3 is 4.74 Å². The van der Waals surface area contributed by atoms with Crippen molar-refractivity contribution in [1.29, 1.82) is 0 Å². The molecule has 0 unspecified atom stereocenters. The first-order valence-electron chi connectivity index (χ1n) is 4.56. The second kappa shape index (κ2) is 4.70. The topological polar surface area (TPSA) is 26.3 Å². The highest BCUT2D eigenvalue weighted by Crippen LogP contribution is 2.27. The van der Waals surface area contributed by atoms with E-state index in [-0.39, 0.29) is 6.10 Å². The summed E-state index contributed by atoms with van der Waals surface area (Å²) in [6, 6.07) is 0. The number of carbonyl (C=O) groups is 1. The Hall–Kier alpha value is -0.240. The third-order valence-corrected chi connectivity index (χ3v) is 2.68. The van der Waals surface area contributed by atoms with E-state index in [4.69, 9.17) is 16.3 Å². The molecule has 0 spiro atoms. The van der Waals surface area contributed by atoms with Crippen LogP contribution in [0.2, 0.25) is 0 Å². The number of carbonyl (C=O) groups excluding carboxylic acids is 1.